The van der Waals surface area contributed by atoms with E-state index in [2.05, 4.69) is 5.32 Å². The van der Waals surface area contributed by atoms with Gasteiger partial charge in [0.25, 0.3) is 11.8 Å². The number of carbonyl (C=O) groups excluding carboxylic acids is 2. The largest absolute Gasteiger partial charge is 0.382 e. The van der Waals surface area contributed by atoms with Gasteiger partial charge in [-0.2, -0.15) is 0 Å². The Kier molecular flexibility index (Phi) is 4.53. The second kappa shape index (κ2) is 6.61. The van der Waals surface area contributed by atoms with Crippen molar-refractivity contribution >= 4 is 29.1 Å². The van der Waals surface area contributed by atoms with Crippen LogP contribution in [0.2, 0.25) is 5.02 Å². The van der Waals surface area contributed by atoms with E-state index in [-0.39, 0.29) is 13.1 Å². The van der Waals surface area contributed by atoms with E-state index in [1.165, 1.54) is 0 Å². The lowest BCUT2D eigenvalue weighted by molar-refractivity contribution is 0.0616. The van der Waals surface area contributed by atoms with Gasteiger partial charge in [0.15, 0.2) is 0 Å². The second-order valence-electron chi connectivity index (χ2n) is 5.71. The zero-order valence-electron chi connectivity index (χ0n) is 13.1. The molecule has 4 nitrogen and oxygen atoms in total. The predicted octanol–water partition coefficient (Wildman–Crippen LogP) is 3.69. The van der Waals surface area contributed by atoms with Gasteiger partial charge in [0.05, 0.1) is 17.7 Å². The van der Waals surface area contributed by atoms with E-state index in [1.807, 2.05) is 13.0 Å². The number of amides is 2. The highest BCUT2D eigenvalue weighted by molar-refractivity contribution is 6.31. The first-order valence-electron chi connectivity index (χ1n) is 7.56. The van der Waals surface area contributed by atoms with Gasteiger partial charge in [0.2, 0.25) is 0 Å². The number of fused-ring (bicyclic) bond motifs is 1. The van der Waals surface area contributed by atoms with Crippen molar-refractivity contribution in [3.63, 3.8) is 0 Å². The highest BCUT2D eigenvalue weighted by atomic mass is 35.5. The molecule has 3 rings (SSSR count). The third-order valence-electron chi connectivity index (χ3n) is 3.94. The summed E-state index contributed by atoms with van der Waals surface area (Å²) in [5.41, 5.74) is 2.28. The van der Waals surface area contributed by atoms with E-state index in [0.717, 1.165) is 16.2 Å². The van der Waals surface area contributed by atoms with E-state index < -0.39 is 18.0 Å². The Bertz CT molecular complexity index is 774. The van der Waals surface area contributed by atoms with Gasteiger partial charge < -0.3 is 5.32 Å². The van der Waals surface area contributed by atoms with Gasteiger partial charge in [0, 0.05) is 17.3 Å². The fourth-order valence-corrected chi connectivity index (χ4v) is 2.77. The number of hydrogen-bond acceptors (Lipinski definition) is 3. The lowest BCUT2D eigenvalue weighted by Gasteiger charge is -2.18. The molecule has 2 aromatic rings. The van der Waals surface area contributed by atoms with Crippen LogP contribution in [0.4, 0.5) is 10.1 Å². The highest BCUT2D eigenvalue weighted by Crippen LogP contribution is 2.23. The summed E-state index contributed by atoms with van der Waals surface area (Å²) in [7, 11) is 0. The van der Waals surface area contributed by atoms with Crippen LogP contribution in [0.3, 0.4) is 0 Å². The fourth-order valence-electron chi connectivity index (χ4n) is 2.65. The molecule has 1 unspecified atom stereocenters. The third kappa shape index (κ3) is 3.12. The van der Waals surface area contributed by atoms with Crippen molar-refractivity contribution in [1.29, 1.82) is 0 Å². The van der Waals surface area contributed by atoms with Crippen molar-refractivity contribution in [2.75, 3.05) is 18.4 Å². The number of aryl methyl sites for hydroxylation is 1. The monoisotopic (exact) mass is 346 g/mol. The summed E-state index contributed by atoms with van der Waals surface area (Å²) in [4.78, 5) is 25.4. The smallest absolute Gasteiger partial charge is 0.261 e. The average molecular weight is 347 g/mol. The molecule has 1 heterocycles. The number of halogens is 2. The number of anilines is 1. The Hall–Kier alpha value is -2.40. The summed E-state index contributed by atoms with van der Waals surface area (Å²) in [6.07, 6.45) is -1.37. The van der Waals surface area contributed by atoms with Crippen molar-refractivity contribution in [3.05, 3.63) is 64.2 Å². The Morgan fingerprint density at radius 1 is 1.12 bits per heavy atom. The van der Waals surface area contributed by atoms with Gasteiger partial charge in [-0.1, -0.05) is 23.7 Å². The highest BCUT2D eigenvalue weighted by Gasteiger charge is 2.36. The molecular weight excluding hydrogens is 331 g/mol. The number of imide groups is 1. The Labute approximate surface area is 144 Å². The van der Waals surface area contributed by atoms with Gasteiger partial charge in [-0.25, -0.2) is 4.39 Å². The molecule has 124 valence electrons. The number of nitrogens with zero attached hydrogens (tertiary/aromatic N) is 1. The van der Waals surface area contributed by atoms with Crippen molar-refractivity contribution in [3.8, 4) is 0 Å². The standard InChI is InChI=1S/C18H16ClFN2O2/c1-11-8-13(6-7-16(11)19)21-9-12(20)10-22-17(23)14-4-2-3-5-15(14)18(22)24/h2-8,12,21H,9-10H2,1H3. The minimum absolute atomic E-state index is 0.00548. The summed E-state index contributed by atoms with van der Waals surface area (Å²) >= 11 is 5.95. The van der Waals surface area contributed by atoms with Crippen molar-refractivity contribution in [2.45, 2.75) is 13.1 Å². The van der Waals surface area contributed by atoms with E-state index in [4.69, 9.17) is 11.6 Å². The first-order chi connectivity index (χ1) is 11.5. The number of alkyl halides is 1. The minimum atomic E-state index is -1.37. The topological polar surface area (TPSA) is 49.4 Å². The Balaban J connectivity index is 1.61. The van der Waals surface area contributed by atoms with Gasteiger partial charge in [-0.05, 0) is 42.8 Å². The molecule has 1 aliphatic heterocycles. The molecule has 0 aliphatic carbocycles. The molecule has 0 bridgehead atoms. The summed E-state index contributed by atoms with van der Waals surface area (Å²) in [6, 6.07) is 11.8. The number of nitrogens with one attached hydrogen (secondary N) is 1. The van der Waals surface area contributed by atoms with Crippen molar-refractivity contribution in [1.82, 2.24) is 4.90 Å². The first-order valence-corrected chi connectivity index (χ1v) is 7.94. The van der Waals surface area contributed by atoms with Gasteiger partial charge in [-0.3, -0.25) is 14.5 Å². The minimum Gasteiger partial charge on any atom is -0.382 e. The zero-order valence-corrected chi connectivity index (χ0v) is 13.8. The number of carbonyl (C=O) groups is 2. The zero-order chi connectivity index (χ0) is 17.3. The third-order valence-corrected chi connectivity index (χ3v) is 4.37. The number of hydrogen-bond donors (Lipinski definition) is 1. The maximum Gasteiger partial charge on any atom is 0.261 e. The summed E-state index contributed by atoms with van der Waals surface area (Å²) in [6.45, 7) is 1.58. The molecule has 1 aliphatic rings. The van der Waals surface area contributed by atoms with E-state index in [1.54, 1.807) is 36.4 Å². The lowest BCUT2D eigenvalue weighted by atomic mass is 10.1. The molecule has 0 spiro atoms. The van der Waals surface area contributed by atoms with E-state index >= 15 is 0 Å². The molecule has 1 N–H and O–H groups in total. The molecule has 1 atom stereocenters. The molecule has 0 saturated carbocycles. The molecule has 0 saturated heterocycles. The normalized spacial score (nSPS) is 14.7. The predicted molar refractivity (Wildman–Crippen MR) is 91.4 cm³/mol. The summed E-state index contributed by atoms with van der Waals surface area (Å²) in [5.74, 6) is -0.888. The van der Waals surface area contributed by atoms with Gasteiger partial charge >= 0.3 is 0 Å². The van der Waals surface area contributed by atoms with E-state index in [0.29, 0.717) is 16.1 Å². The maximum atomic E-state index is 14.3. The first kappa shape index (κ1) is 16.5. The molecule has 2 aromatic carbocycles. The number of benzene rings is 2. The summed E-state index contributed by atoms with van der Waals surface area (Å²) in [5, 5.41) is 3.60. The van der Waals surface area contributed by atoms with Crippen LogP contribution in [-0.2, 0) is 0 Å². The molecule has 0 fully saturated rings. The molecule has 0 aromatic heterocycles. The van der Waals surface area contributed by atoms with Crippen LogP contribution in [0.25, 0.3) is 0 Å². The second-order valence-corrected chi connectivity index (χ2v) is 6.12. The molecule has 6 heteroatoms. The molecule has 0 radical (unpaired) electrons. The summed E-state index contributed by atoms with van der Waals surface area (Å²) < 4.78 is 14.3. The average Bonchev–Trinajstić information content (AvgIpc) is 2.81. The number of rotatable bonds is 5. The van der Waals surface area contributed by atoms with Crippen LogP contribution in [0, 0.1) is 6.92 Å². The van der Waals surface area contributed by atoms with Crippen molar-refractivity contribution < 1.29 is 14.0 Å². The molecule has 2 amide bonds. The van der Waals surface area contributed by atoms with E-state index in [9.17, 15) is 14.0 Å². The van der Waals surface area contributed by atoms with Crippen LogP contribution >= 0.6 is 11.6 Å². The molecular formula is C18H16ClFN2O2. The van der Waals surface area contributed by atoms with Crippen molar-refractivity contribution in [2.24, 2.45) is 0 Å². The quantitative estimate of drug-likeness (QED) is 0.840. The van der Waals surface area contributed by atoms with Crippen LogP contribution in [0.5, 0.6) is 0 Å². The maximum absolute atomic E-state index is 14.3. The van der Waals surface area contributed by atoms with Crippen LogP contribution in [0.15, 0.2) is 42.5 Å². The molecule has 24 heavy (non-hydrogen) atoms. The lowest BCUT2D eigenvalue weighted by Crippen LogP contribution is -2.37. The van der Waals surface area contributed by atoms with Crippen LogP contribution < -0.4 is 5.32 Å². The van der Waals surface area contributed by atoms with Crippen LogP contribution in [0.1, 0.15) is 26.3 Å². The SMILES string of the molecule is Cc1cc(NCC(F)CN2C(=O)c3ccccc3C2=O)ccc1Cl. The fraction of sp³-hybridized carbons (Fsp3) is 0.222. The van der Waals surface area contributed by atoms with Gasteiger partial charge in [0.1, 0.15) is 6.17 Å². The van der Waals surface area contributed by atoms with Gasteiger partial charge in [-0.15, -0.1) is 0 Å². The van der Waals surface area contributed by atoms with Crippen LogP contribution in [-0.4, -0.2) is 36.0 Å². The Morgan fingerprint density at radius 2 is 1.75 bits per heavy atom. The Morgan fingerprint density at radius 3 is 2.33 bits per heavy atom.